The van der Waals surface area contributed by atoms with Crippen LogP contribution in [0.1, 0.15) is 6.92 Å². The van der Waals surface area contributed by atoms with Gasteiger partial charge in [0.15, 0.2) is 0 Å². The van der Waals surface area contributed by atoms with Gasteiger partial charge >= 0.3 is 11.9 Å². The zero-order valence-corrected chi connectivity index (χ0v) is 9.19. The second-order valence-corrected chi connectivity index (χ2v) is 2.84. The Morgan fingerprint density at radius 2 is 1.93 bits per heavy atom. The maximum Gasteiger partial charge on any atom is 0.320 e. The number of esters is 2. The average Bonchev–Trinajstić information content (AvgIpc) is 2.18. The van der Waals surface area contributed by atoms with Crippen molar-refractivity contribution in [3.8, 4) is 0 Å². The summed E-state index contributed by atoms with van der Waals surface area (Å²) < 4.78 is 9.27. The van der Waals surface area contributed by atoms with Gasteiger partial charge in [-0.15, -0.1) is 6.58 Å². The van der Waals surface area contributed by atoms with E-state index in [1.54, 1.807) is 17.9 Å². The highest BCUT2D eigenvalue weighted by Gasteiger charge is 2.13. The van der Waals surface area contributed by atoms with E-state index in [4.69, 9.17) is 4.74 Å². The summed E-state index contributed by atoms with van der Waals surface area (Å²) in [5.74, 6) is -0.746. The van der Waals surface area contributed by atoms with Crippen LogP contribution in [0.25, 0.3) is 0 Å². The van der Waals surface area contributed by atoms with Crippen molar-refractivity contribution in [2.75, 3.05) is 33.4 Å². The van der Waals surface area contributed by atoms with Crippen LogP contribution >= 0.6 is 0 Å². The van der Waals surface area contributed by atoms with E-state index in [1.165, 1.54) is 7.11 Å². The third-order valence-corrected chi connectivity index (χ3v) is 1.63. The lowest BCUT2D eigenvalue weighted by Crippen LogP contribution is -2.35. The summed E-state index contributed by atoms with van der Waals surface area (Å²) in [6, 6.07) is 0. The number of rotatable bonds is 7. The van der Waals surface area contributed by atoms with Gasteiger partial charge in [-0.2, -0.15) is 0 Å². The maximum atomic E-state index is 11.1. The van der Waals surface area contributed by atoms with Crippen molar-refractivity contribution in [3.63, 3.8) is 0 Å². The standard InChI is InChI=1S/C10H17NO4/c1-4-6-11(7-9(12)14-3)8-10(13)15-5-2/h4H,1,5-8H2,2-3H3. The molecule has 0 saturated carbocycles. The molecule has 0 aliphatic carbocycles. The summed E-state index contributed by atoms with van der Waals surface area (Å²) in [5.41, 5.74) is 0. The summed E-state index contributed by atoms with van der Waals surface area (Å²) in [7, 11) is 1.30. The van der Waals surface area contributed by atoms with Crippen LogP contribution in [0.3, 0.4) is 0 Å². The second kappa shape index (κ2) is 7.99. The van der Waals surface area contributed by atoms with Crippen LogP contribution in [0.4, 0.5) is 0 Å². The SMILES string of the molecule is C=CCN(CC(=O)OC)CC(=O)OCC. The lowest BCUT2D eigenvalue weighted by molar-refractivity contribution is -0.146. The molecule has 15 heavy (non-hydrogen) atoms. The normalized spacial score (nSPS) is 9.80. The Hall–Kier alpha value is -1.36. The lowest BCUT2D eigenvalue weighted by atomic mass is 10.4. The molecule has 0 amide bonds. The van der Waals surface area contributed by atoms with Crippen molar-refractivity contribution in [2.45, 2.75) is 6.92 Å². The molecule has 0 rings (SSSR count). The van der Waals surface area contributed by atoms with Crippen LogP contribution in [-0.4, -0.2) is 50.2 Å². The minimum atomic E-state index is -0.388. The van der Waals surface area contributed by atoms with Crippen molar-refractivity contribution < 1.29 is 19.1 Å². The Balaban J connectivity index is 4.08. The first-order valence-electron chi connectivity index (χ1n) is 4.69. The summed E-state index contributed by atoms with van der Waals surface area (Å²) in [6.07, 6.45) is 1.61. The van der Waals surface area contributed by atoms with Gasteiger partial charge in [0.2, 0.25) is 0 Å². The molecular weight excluding hydrogens is 198 g/mol. The monoisotopic (exact) mass is 215 g/mol. The number of carbonyl (C=O) groups is 2. The van der Waals surface area contributed by atoms with Crippen molar-refractivity contribution in [1.82, 2.24) is 4.90 Å². The number of carbonyl (C=O) groups excluding carboxylic acids is 2. The molecule has 0 bridgehead atoms. The first-order chi connectivity index (χ1) is 7.13. The van der Waals surface area contributed by atoms with Gasteiger partial charge in [0, 0.05) is 6.54 Å². The van der Waals surface area contributed by atoms with Crippen LogP contribution in [0.15, 0.2) is 12.7 Å². The molecule has 0 atom stereocenters. The molecule has 5 heteroatoms. The first-order valence-corrected chi connectivity index (χ1v) is 4.69. The minimum Gasteiger partial charge on any atom is -0.468 e. The lowest BCUT2D eigenvalue weighted by Gasteiger charge is -2.17. The average molecular weight is 215 g/mol. The zero-order valence-electron chi connectivity index (χ0n) is 9.19. The van der Waals surface area contributed by atoms with Gasteiger partial charge in [-0.25, -0.2) is 0 Å². The van der Waals surface area contributed by atoms with Crippen LogP contribution in [0, 0.1) is 0 Å². The van der Waals surface area contributed by atoms with Gasteiger partial charge < -0.3 is 9.47 Å². The van der Waals surface area contributed by atoms with E-state index in [-0.39, 0.29) is 25.0 Å². The van der Waals surface area contributed by atoms with Crippen molar-refractivity contribution in [1.29, 1.82) is 0 Å². The number of ether oxygens (including phenoxy) is 2. The Morgan fingerprint density at radius 3 is 2.40 bits per heavy atom. The molecule has 0 radical (unpaired) electrons. The molecule has 0 aliphatic heterocycles. The predicted molar refractivity (Wildman–Crippen MR) is 55.3 cm³/mol. The van der Waals surface area contributed by atoms with Crippen LogP contribution in [0.2, 0.25) is 0 Å². The third-order valence-electron chi connectivity index (χ3n) is 1.63. The van der Waals surface area contributed by atoms with Gasteiger partial charge in [-0.05, 0) is 6.92 Å². The molecule has 0 aliphatic rings. The fourth-order valence-corrected chi connectivity index (χ4v) is 1.00. The summed E-state index contributed by atoms with van der Waals surface area (Å²) in [4.78, 5) is 23.7. The Bertz CT molecular complexity index is 227. The fraction of sp³-hybridized carbons (Fsp3) is 0.600. The molecule has 0 aromatic heterocycles. The molecule has 0 spiro atoms. The Kier molecular flexibility index (Phi) is 7.27. The van der Waals surface area contributed by atoms with E-state index in [9.17, 15) is 9.59 Å². The molecule has 0 saturated heterocycles. The van der Waals surface area contributed by atoms with Gasteiger partial charge in [0.1, 0.15) is 0 Å². The molecule has 5 nitrogen and oxygen atoms in total. The largest absolute Gasteiger partial charge is 0.468 e. The quantitative estimate of drug-likeness (QED) is 0.449. The Morgan fingerprint density at radius 1 is 1.33 bits per heavy atom. The predicted octanol–water partition coefficient (Wildman–Crippen LogP) is 0.210. The fourth-order valence-electron chi connectivity index (χ4n) is 1.00. The highest BCUT2D eigenvalue weighted by molar-refractivity contribution is 5.74. The number of nitrogens with zero attached hydrogens (tertiary/aromatic N) is 1. The van der Waals surface area contributed by atoms with Gasteiger partial charge in [0.05, 0.1) is 26.8 Å². The molecule has 86 valence electrons. The van der Waals surface area contributed by atoms with Gasteiger partial charge in [0.25, 0.3) is 0 Å². The number of hydrogen-bond donors (Lipinski definition) is 0. The van der Waals surface area contributed by atoms with Crippen LogP contribution in [-0.2, 0) is 19.1 Å². The smallest absolute Gasteiger partial charge is 0.320 e. The highest BCUT2D eigenvalue weighted by Crippen LogP contribution is 1.92. The van der Waals surface area contributed by atoms with E-state index in [0.717, 1.165) is 0 Å². The van der Waals surface area contributed by atoms with E-state index in [1.807, 2.05) is 0 Å². The van der Waals surface area contributed by atoms with E-state index < -0.39 is 0 Å². The number of hydrogen-bond acceptors (Lipinski definition) is 5. The second-order valence-electron chi connectivity index (χ2n) is 2.84. The van der Waals surface area contributed by atoms with Crippen molar-refractivity contribution >= 4 is 11.9 Å². The zero-order chi connectivity index (χ0) is 11.7. The van der Waals surface area contributed by atoms with Crippen molar-refractivity contribution in [3.05, 3.63) is 12.7 Å². The van der Waals surface area contributed by atoms with Crippen LogP contribution < -0.4 is 0 Å². The van der Waals surface area contributed by atoms with E-state index in [2.05, 4.69) is 11.3 Å². The number of methoxy groups -OCH3 is 1. The van der Waals surface area contributed by atoms with E-state index >= 15 is 0 Å². The molecule has 0 heterocycles. The molecule has 0 aromatic rings. The molecule has 0 aromatic carbocycles. The third kappa shape index (κ3) is 6.68. The highest BCUT2D eigenvalue weighted by atomic mass is 16.5. The molecule has 0 fully saturated rings. The van der Waals surface area contributed by atoms with Crippen molar-refractivity contribution in [2.24, 2.45) is 0 Å². The Labute approximate surface area is 89.6 Å². The first kappa shape index (κ1) is 13.6. The summed E-state index contributed by atoms with van der Waals surface area (Å²) >= 11 is 0. The maximum absolute atomic E-state index is 11.1. The van der Waals surface area contributed by atoms with Gasteiger partial charge in [-0.3, -0.25) is 14.5 Å². The molecule has 0 unspecified atom stereocenters. The van der Waals surface area contributed by atoms with E-state index in [0.29, 0.717) is 13.2 Å². The summed E-state index contributed by atoms with van der Waals surface area (Å²) in [6.45, 7) is 6.17. The minimum absolute atomic E-state index is 0.0569. The molecule has 0 N–H and O–H groups in total. The topological polar surface area (TPSA) is 55.8 Å². The van der Waals surface area contributed by atoms with Crippen LogP contribution in [0.5, 0.6) is 0 Å². The molecular formula is C10H17NO4. The van der Waals surface area contributed by atoms with Gasteiger partial charge in [-0.1, -0.05) is 6.08 Å². The summed E-state index contributed by atoms with van der Waals surface area (Å²) in [5, 5.41) is 0.